The Morgan fingerprint density at radius 1 is 1.37 bits per heavy atom. The van der Waals surface area contributed by atoms with Crippen LogP contribution in [-0.4, -0.2) is 32.7 Å². The SMILES string of the molecule is CS(=O)(=O)NCCCNc1ccc([N+](=O)[O-])cc1Cl. The highest BCUT2D eigenvalue weighted by molar-refractivity contribution is 7.88. The minimum absolute atomic E-state index is 0.0747. The summed E-state index contributed by atoms with van der Waals surface area (Å²) >= 11 is 5.88. The first kappa shape index (κ1) is 15.7. The normalized spacial score (nSPS) is 11.3. The van der Waals surface area contributed by atoms with Crippen LogP contribution in [-0.2, 0) is 10.0 Å². The summed E-state index contributed by atoms with van der Waals surface area (Å²) in [7, 11) is -3.17. The quantitative estimate of drug-likeness (QED) is 0.452. The Hall–Kier alpha value is -1.38. The fraction of sp³-hybridized carbons (Fsp3) is 0.400. The molecule has 0 aromatic heterocycles. The minimum Gasteiger partial charge on any atom is -0.384 e. The van der Waals surface area contributed by atoms with E-state index >= 15 is 0 Å². The molecule has 0 radical (unpaired) electrons. The van der Waals surface area contributed by atoms with E-state index in [1.165, 1.54) is 18.2 Å². The number of sulfonamides is 1. The largest absolute Gasteiger partial charge is 0.384 e. The molecule has 1 aromatic rings. The number of nitrogens with zero attached hydrogens (tertiary/aromatic N) is 1. The highest BCUT2D eigenvalue weighted by Gasteiger charge is 2.08. The maximum Gasteiger partial charge on any atom is 0.271 e. The van der Waals surface area contributed by atoms with E-state index in [1.54, 1.807) is 0 Å². The van der Waals surface area contributed by atoms with E-state index < -0.39 is 14.9 Å². The molecule has 0 aliphatic carbocycles. The number of anilines is 1. The third-order valence-corrected chi connectivity index (χ3v) is 3.24. The Labute approximate surface area is 116 Å². The zero-order valence-corrected chi connectivity index (χ0v) is 11.8. The molecule has 7 nitrogen and oxygen atoms in total. The Morgan fingerprint density at radius 2 is 2.05 bits per heavy atom. The van der Waals surface area contributed by atoms with Gasteiger partial charge in [0.1, 0.15) is 0 Å². The van der Waals surface area contributed by atoms with Gasteiger partial charge in [-0.05, 0) is 12.5 Å². The van der Waals surface area contributed by atoms with Crippen molar-refractivity contribution in [2.24, 2.45) is 0 Å². The topological polar surface area (TPSA) is 101 Å². The molecule has 106 valence electrons. The number of rotatable bonds is 7. The summed E-state index contributed by atoms with van der Waals surface area (Å²) in [6.45, 7) is 0.816. The van der Waals surface area contributed by atoms with Crippen molar-refractivity contribution in [3.05, 3.63) is 33.3 Å². The standard InChI is InChI=1S/C10H14ClN3O4S/c1-19(17,18)13-6-2-5-12-10-4-3-8(14(15)16)7-9(10)11/h3-4,7,12-13H,2,5-6H2,1H3. The van der Waals surface area contributed by atoms with Gasteiger partial charge in [0.05, 0.1) is 21.9 Å². The molecule has 0 unspecified atom stereocenters. The minimum atomic E-state index is -3.17. The average molecular weight is 308 g/mol. The number of hydrogen-bond donors (Lipinski definition) is 2. The van der Waals surface area contributed by atoms with Crippen LogP contribution in [0.4, 0.5) is 11.4 Å². The summed E-state index contributed by atoms with van der Waals surface area (Å²) in [6.07, 6.45) is 1.66. The second-order valence-corrected chi connectivity index (χ2v) is 6.11. The Morgan fingerprint density at radius 3 is 2.58 bits per heavy atom. The number of nitrogens with one attached hydrogen (secondary N) is 2. The molecule has 0 aliphatic rings. The van der Waals surface area contributed by atoms with Crippen LogP contribution < -0.4 is 10.0 Å². The molecule has 0 saturated carbocycles. The van der Waals surface area contributed by atoms with Gasteiger partial charge in [-0.1, -0.05) is 11.6 Å². The Balaban J connectivity index is 2.44. The molecule has 1 rings (SSSR count). The van der Waals surface area contributed by atoms with E-state index in [0.29, 0.717) is 25.2 Å². The van der Waals surface area contributed by atoms with E-state index in [4.69, 9.17) is 11.6 Å². The first-order chi connectivity index (χ1) is 8.79. The summed E-state index contributed by atoms with van der Waals surface area (Å²) in [5.41, 5.74) is 0.501. The fourth-order valence-electron chi connectivity index (χ4n) is 1.33. The molecular formula is C10H14ClN3O4S. The third-order valence-electron chi connectivity index (χ3n) is 2.20. The van der Waals surface area contributed by atoms with Crippen LogP contribution >= 0.6 is 11.6 Å². The monoisotopic (exact) mass is 307 g/mol. The summed E-state index contributed by atoms with van der Waals surface area (Å²) < 4.78 is 24.0. The van der Waals surface area contributed by atoms with E-state index in [2.05, 4.69) is 10.0 Å². The maximum absolute atomic E-state index is 10.8. The summed E-state index contributed by atoms with van der Waals surface area (Å²) in [6, 6.07) is 4.13. The maximum atomic E-state index is 10.8. The molecule has 0 saturated heterocycles. The average Bonchev–Trinajstić information content (AvgIpc) is 2.28. The van der Waals surface area contributed by atoms with Crippen LogP contribution in [0.2, 0.25) is 5.02 Å². The third kappa shape index (κ3) is 5.86. The molecule has 1 aromatic carbocycles. The van der Waals surface area contributed by atoms with Crippen molar-refractivity contribution in [1.29, 1.82) is 0 Å². The first-order valence-corrected chi connectivity index (χ1v) is 7.69. The van der Waals surface area contributed by atoms with E-state index in [0.717, 1.165) is 6.26 Å². The van der Waals surface area contributed by atoms with Crippen LogP contribution in [0.3, 0.4) is 0 Å². The van der Waals surface area contributed by atoms with E-state index in [9.17, 15) is 18.5 Å². The van der Waals surface area contributed by atoms with Crippen molar-refractivity contribution in [2.45, 2.75) is 6.42 Å². The van der Waals surface area contributed by atoms with Gasteiger partial charge in [0.25, 0.3) is 5.69 Å². The van der Waals surface area contributed by atoms with Gasteiger partial charge in [-0.15, -0.1) is 0 Å². The predicted octanol–water partition coefficient (Wildman–Crippen LogP) is 1.60. The summed E-state index contributed by atoms with van der Waals surface area (Å²) in [5.74, 6) is 0. The van der Waals surface area contributed by atoms with E-state index in [1.807, 2.05) is 0 Å². The van der Waals surface area contributed by atoms with Gasteiger partial charge in [-0.25, -0.2) is 13.1 Å². The molecule has 2 N–H and O–H groups in total. The second kappa shape index (κ2) is 6.69. The predicted molar refractivity (Wildman–Crippen MR) is 74.1 cm³/mol. The van der Waals surface area contributed by atoms with Crippen LogP contribution in [0.5, 0.6) is 0 Å². The van der Waals surface area contributed by atoms with Crippen LogP contribution in [0.25, 0.3) is 0 Å². The molecule has 0 spiro atoms. The van der Waals surface area contributed by atoms with Crippen molar-refractivity contribution < 1.29 is 13.3 Å². The van der Waals surface area contributed by atoms with Gasteiger partial charge < -0.3 is 5.32 Å². The molecule has 9 heteroatoms. The first-order valence-electron chi connectivity index (χ1n) is 5.42. The fourth-order valence-corrected chi connectivity index (χ4v) is 2.09. The van der Waals surface area contributed by atoms with Gasteiger partial charge in [0, 0.05) is 25.2 Å². The second-order valence-electron chi connectivity index (χ2n) is 3.87. The zero-order valence-electron chi connectivity index (χ0n) is 10.2. The number of halogens is 1. The molecular weight excluding hydrogens is 294 g/mol. The smallest absolute Gasteiger partial charge is 0.271 e. The molecule has 0 amide bonds. The molecule has 19 heavy (non-hydrogen) atoms. The molecule has 0 aliphatic heterocycles. The zero-order chi connectivity index (χ0) is 14.5. The lowest BCUT2D eigenvalue weighted by molar-refractivity contribution is -0.384. The summed E-state index contributed by atoms with van der Waals surface area (Å²) in [5, 5.41) is 13.7. The van der Waals surface area contributed by atoms with Gasteiger partial charge in [-0.2, -0.15) is 0 Å². The number of hydrogen-bond acceptors (Lipinski definition) is 5. The lowest BCUT2D eigenvalue weighted by atomic mass is 10.2. The van der Waals surface area contributed by atoms with Crippen LogP contribution in [0, 0.1) is 10.1 Å². The van der Waals surface area contributed by atoms with Gasteiger partial charge in [0.2, 0.25) is 10.0 Å². The lowest BCUT2D eigenvalue weighted by Crippen LogP contribution is -2.24. The number of non-ortho nitro benzene ring substituents is 1. The van der Waals surface area contributed by atoms with Gasteiger partial charge in [-0.3, -0.25) is 10.1 Å². The highest BCUT2D eigenvalue weighted by atomic mass is 35.5. The Kier molecular flexibility index (Phi) is 5.52. The Bertz CT molecular complexity index is 562. The molecule has 0 atom stereocenters. The molecule has 0 fully saturated rings. The van der Waals surface area contributed by atoms with Crippen molar-refractivity contribution in [1.82, 2.24) is 4.72 Å². The highest BCUT2D eigenvalue weighted by Crippen LogP contribution is 2.26. The van der Waals surface area contributed by atoms with E-state index in [-0.39, 0.29) is 10.7 Å². The van der Waals surface area contributed by atoms with Gasteiger partial charge in [0.15, 0.2) is 0 Å². The molecule has 0 bridgehead atoms. The van der Waals surface area contributed by atoms with Crippen LogP contribution in [0.1, 0.15) is 6.42 Å². The van der Waals surface area contributed by atoms with Crippen LogP contribution in [0.15, 0.2) is 18.2 Å². The molecule has 0 heterocycles. The summed E-state index contributed by atoms with van der Waals surface area (Å²) in [4.78, 5) is 10.00. The van der Waals surface area contributed by atoms with Crippen molar-refractivity contribution in [3.63, 3.8) is 0 Å². The van der Waals surface area contributed by atoms with Crippen molar-refractivity contribution in [3.8, 4) is 0 Å². The van der Waals surface area contributed by atoms with Crippen molar-refractivity contribution >= 4 is 33.0 Å². The van der Waals surface area contributed by atoms with Crippen molar-refractivity contribution in [2.75, 3.05) is 24.7 Å². The number of nitro benzene ring substituents is 1. The van der Waals surface area contributed by atoms with Gasteiger partial charge >= 0.3 is 0 Å². The number of nitro groups is 1. The lowest BCUT2D eigenvalue weighted by Gasteiger charge is -2.08. The number of benzene rings is 1.